The van der Waals surface area contributed by atoms with E-state index in [-0.39, 0.29) is 18.1 Å². The molecule has 1 atom stereocenters. The first-order valence-corrected chi connectivity index (χ1v) is 6.06. The van der Waals surface area contributed by atoms with E-state index in [0.29, 0.717) is 19.6 Å². The summed E-state index contributed by atoms with van der Waals surface area (Å²) in [6.45, 7) is 5.98. The topological polar surface area (TPSA) is 38.8 Å². The Morgan fingerprint density at radius 3 is 2.88 bits per heavy atom. The third-order valence-electron chi connectivity index (χ3n) is 2.96. The minimum absolute atomic E-state index is 0.141. The fourth-order valence-electron chi connectivity index (χ4n) is 1.61. The first-order chi connectivity index (χ1) is 7.61. The van der Waals surface area contributed by atoms with Gasteiger partial charge in [-0.05, 0) is 26.7 Å². The molecule has 0 aromatic rings. The summed E-state index contributed by atoms with van der Waals surface area (Å²) in [5.74, 6) is 0.141. The molecule has 0 N–H and O–H groups in total. The summed E-state index contributed by atoms with van der Waals surface area (Å²) in [7, 11) is 1.83. The highest BCUT2D eigenvalue weighted by Gasteiger charge is 2.16. The predicted octanol–water partition coefficient (Wildman–Crippen LogP) is 1.44. The van der Waals surface area contributed by atoms with E-state index in [9.17, 15) is 4.79 Å². The number of hydrogen-bond acceptors (Lipinski definition) is 3. The summed E-state index contributed by atoms with van der Waals surface area (Å²) in [6.07, 6.45) is 2.92. The SMILES string of the molecule is CC(C)N(C)C(=O)CCOCC1CCCO1. The van der Waals surface area contributed by atoms with Gasteiger partial charge in [0.1, 0.15) is 0 Å². The number of amides is 1. The van der Waals surface area contributed by atoms with Crippen LogP contribution >= 0.6 is 0 Å². The maximum absolute atomic E-state index is 11.6. The van der Waals surface area contributed by atoms with Crippen LogP contribution in [0.3, 0.4) is 0 Å². The van der Waals surface area contributed by atoms with Crippen molar-refractivity contribution in [3.8, 4) is 0 Å². The normalized spacial score (nSPS) is 20.4. The van der Waals surface area contributed by atoms with Gasteiger partial charge in [0, 0.05) is 19.7 Å². The molecule has 16 heavy (non-hydrogen) atoms. The van der Waals surface area contributed by atoms with Crippen LogP contribution in [0.15, 0.2) is 0 Å². The third-order valence-corrected chi connectivity index (χ3v) is 2.96. The zero-order valence-electron chi connectivity index (χ0n) is 10.6. The van der Waals surface area contributed by atoms with E-state index in [1.54, 1.807) is 4.90 Å². The van der Waals surface area contributed by atoms with Gasteiger partial charge in [0.15, 0.2) is 0 Å². The smallest absolute Gasteiger partial charge is 0.224 e. The molecule has 0 saturated carbocycles. The molecule has 1 rings (SSSR count). The Morgan fingerprint density at radius 1 is 1.56 bits per heavy atom. The first kappa shape index (κ1) is 13.5. The van der Waals surface area contributed by atoms with Crippen LogP contribution in [-0.2, 0) is 14.3 Å². The molecule has 1 unspecified atom stereocenters. The Kier molecular flexibility index (Phi) is 5.77. The van der Waals surface area contributed by atoms with Crippen molar-refractivity contribution in [2.75, 3.05) is 26.9 Å². The monoisotopic (exact) mass is 229 g/mol. The van der Waals surface area contributed by atoms with Crippen molar-refractivity contribution < 1.29 is 14.3 Å². The fourth-order valence-corrected chi connectivity index (χ4v) is 1.61. The molecule has 4 nitrogen and oxygen atoms in total. The standard InChI is InChI=1S/C12H23NO3/c1-10(2)13(3)12(14)6-8-15-9-11-5-4-7-16-11/h10-11H,4-9H2,1-3H3. The summed E-state index contributed by atoms with van der Waals surface area (Å²) < 4.78 is 10.9. The lowest BCUT2D eigenvalue weighted by Gasteiger charge is -2.21. The lowest BCUT2D eigenvalue weighted by atomic mass is 10.2. The van der Waals surface area contributed by atoms with E-state index in [1.807, 2.05) is 20.9 Å². The predicted molar refractivity (Wildman–Crippen MR) is 62.3 cm³/mol. The van der Waals surface area contributed by atoms with Crippen molar-refractivity contribution in [1.29, 1.82) is 0 Å². The van der Waals surface area contributed by atoms with E-state index in [4.69, 9.17) is 9.47 Å². The molecule has 1 aliphatic rings. The lowest BCUT2D eigenvalue weighted by molar-refractivity contribution is -0.132. The first-order valence-electron chi connectivity index (χ1n) is 6.06. The molecule has 94 valence electrons. The fraction of sp³-hybridized carbons (Fsp3) is 0.917. The number of carbonyl (C=O) groups is 1. The van der Waals surface area contributed by atoms with E-state index >= 15 is 0 Å². The van der Waals surface area contributed by atoms with Crippen LogP contribution in [0.5, 0.6) is 0 Å². The number of nitrogens with zero attached hydrogens (tertiary/aromatic N) is 1. The Labute approximate surface area is 97.9 Å². The van der Waals surface area contributed by atoms with Gasteiger partial charge in [-0.25, -0.2) is 0 Å². The third kappa shape index (κ3) is 4.49. The van der Waals surface area contributed by atoms with E-state index < -0.39 is 0 Å². The molecule has 1 fully saturated rings. The largest absolute Gasteiger partial charge is 0.378 e. The Hall–Kier alpha value is -0.610. The molecular formula is C12H23NO3. The second-order valence-electron chi connectivity index (χ2n) is 4.56. The Balaban J connectivity index is 2.03. The minimum Gasteiger partial charge on any atom is -0.378 e. The van der Waals surface area contributed by atoms with Gasteiger partial charge < -0.3 is 14.4 Å². The number of carbonyl (C=O) groups excluding carboxylic acids is 1. The molecule has 0 bridgehead atoms. The van der Waals surface area contributed by atoms with E-state index in [2.05, 4.69) is 0 Å². The maximum Gasteiger partial charge on any atom is 0.224 e. The number of rotatable bonds is 6. The molecule has 0 aliphatic carbocycles. The van der Waals surface area contributed by atoms with Crippen LogP contribution in [0.2, 0.25) is 0 Å². The van der Waals surface area contributed by atoms with Crippen molar-refractivity contribution in [2.45, 2.75) is 45.3 Å². The van der Waals surface area contributed by atoms with Gasteiger partial charge in [-0.2, -0.15) is 0 Å². The molecule has 0 radical (unpaired) electrons. The Bertz CT molecular complexity index is 212. The summed E-state index contributed by atoms with van der Waals surface area (Å²) in [4.78, 5) is 13.3. The van der Waals surface area contributed by atoms with Crippen LogP contribution in [0, 0.1) is 0 Å². The zero-order valence-corrected chi connectivity index (χ0v) is 10.6. The number of hydrogen-bond donors (Lipinski definition) is 0. The molecule has 4 heteroatoms. The molecule has 1 heterocycles. The maximum atomic E-state index is 11.6. The van der Waals surface area contributed by atoms with Gasteiger partial charge in [0.2, 0.25) is 5.91 Å². The lowest BCUT2D eigenvalue weighted by Crippen LogP contribution is -2.33. The van der Waals surface area contributed by atoms with Crippen molar-refractivity contribution >= 4 is 5.91 Å². The van der Waals surface area contributed by atoms with Crippen molar-refractivity contribution in [3.05, 3.63) is 0 Å². The molecule has 1 amide bonds. The zero-order chi connectivity index (χ0) is 12.0. The summed E-state index contributed by atoms with van der Waals surface area (Å²) in [5.41, 5.74) is 0. The average Bonchev–Trinajstić information content (AvgIpc) is 2.75. The van der Waals surface area contributed by atoms with Gasteiger partial charge in [-0.3, -0.25) is 4.79 Å². The van der Waals surface area contributed by atoms with Crippen molar-refractivity contribution in [3.63, 3.8) is 0 Å². The van der Waals surface area contributed by atoms with Gasteiger partial charge in [0.25, 0.3) is 0 Å². The summed E-state index contributed by atoms with van der Waals surface area (Å²) >= 11 is 0. The Morgan fingerprint density at radius 2 is 2.31 bits per heavy atom. The molecular weight excluding hydrogens is 206 g/mol. The van der Waals surface area contributed by atoms with Crippen LogP contribution in [0.25, 0.3) is 0 Å². The van der Waals surface area contributed by atoms with Gasteiger partial charge in [-0.15, -0.1) is 0 Å². The van der Waals surface area contributed by atoms with Crippen molar-refractivity contribution in [2.24, 2.45) is 0 Å². The quantitative estimate of drug-likeness (QED) is 0.647. The number of ether oxygens (including phenoxy) is 2. The second kappa shape index (κ2) is 6.86. The molecule has 1 aliphatic heterocycles. The van der Waals surface area contributed by atoms with Crippen LogP contribution in [0.1, 0.15) is 33.1 Å². The molecule has 1 saturated heterocycles. The van der Waals surface area contributed by atoms with Gasteiger partial charge in [-0.1, -0.05) is 0 Å². The van der Waals surface area contributed by atoms with Crippen LogP contribution in [0.4, 0.5) is 0 Å². The highest BCUT2D eigenvalue weighted by molar-refractivity contribution is 5.76. The van der Waals surface area contributed by atoms with Gasteiger partial charge >= 0.3 is 0 Å². The van der Waals surface area contributed by atoms with Crippen LogP contribution < -0.4 is 0 Å². The summed E-state index contributed by atoms with van der Waals surface area (Å²) in [5, 5.41) is 0. The highest BCUT2D eigenvalue weighted by Crippen LogP contribution is 2.12. The summed E-state index contributed by atoms with van der Waals surface area (Å²) in [6, 6.07) is 0.255. The second-order valence-corrected chi connectivity index (χ2v) is 4.56. The molecule has 0 aromatic heterocycles. The molecule has 0 aromatic carbocycles. The van der Waals surface area contributed by atoms with Gasteiger partial charge in [0.05, 0.1) is 25.7 Å². The van der Waals surface area contributed by atoms with Crippen molar-refractivity contribution in [1.82, 2.24) is 4.90 Å². The average molecular weight is 229 g/mol. The highest BCUT2D eigenvalue weighted by atomic mass is 16.5. The molecule has 0 spiro atoms. The minimum atomic E-state index is 0.141. The van der Waals surface area contributed by atoms with Crippen LogP contribution in [-0.4, -0.2) is 49.8 Å². The van der Waals surface area contributed by atoms with E-state index in [0.717, 1.165) is 19.4 Å². The van der Waals surface area contributed by atoms with E-state index in [1.165, 1.54) is 0 Å².